The van der Waals surface area contributed by atoms with Crippen molar-refractivity contribution in [2.45, 2.75) is 70.7 Å². The number of rotatable bonds is 6. The van der Waals surface area contributed by atoms with Crippen LogP contribution in [0.4, 0.5) is 0 Å². The maximum absolute atomic E-state index is 10.1. The maximum Gasteiger partial charge on any atom is 0.165 e. The highest BCUT2D eigenvalue weighted by atomic mass is 16.3. The minimum atomic E-state index is -0.210. The highest BCUT2D eigenvalue weighted by Gasteiger charge is 2.27. The quantitative estimate of drug-likeness (QED) is 0.839. The lowest BCUT2D eigenvalue weighted by Gasteiger charge is -2.34. The number of aryl methyl sites for hydroxylation is 1. The Morgan fingerprint density at radius 1 is 1.37 bits per heavy atom. The van der Waals surface area contributed by atoms with Crippen LogP contribution in [0.15, 0.2) is 0 Å². The number of aromatic nitrogens is 4. The first-order valence-corrected chi connectivity index (χ1v) is 7.35. The second kappa shape index (κ2) is 6.96. The third kappa shape index (κ3) is 3.73. The molecule has 0 amide bonds. The third-order valence-corrected chi connectivity index (χ3v) is 3.98. The SMILES string of the molecule is CCCCn1nnnc1CN(C)C1CCCCC1O. The van der Waals surface area contributed by atoms with E-state index >= 15 is 0 Å². The van der Waals surface area contributed by atoms with E-state index in [1.54, 1.807) is 0 Å². The van der Waals surface area contributed by atoms with Crippen molar-refractivity contribution in [3.63, 3.8) is 0 Å². The van der Waals surface area contributed by atoms with Crippen LogP contribution in [-0.2, 0) is 13.1 Å². The molecule has 6 heteroatoms. The van der Waals surface area contributed by atoms with Crippen molar-refractivity contribution in [1.82, 2.24) is 25.1 Å². The molecule has 1 aromatic rings. The molecule has 0 bridgehead atoms. The fraction of sp³-hybridized carbons (Fsp3) is 0.923. The number of tetrazole rings is 1. The Balaban J connectivity index is 1.94. The van der Waals surface area contributed by atoms with Crippen molar-refractivity contribution in [1.29, 1.82) is 0 Å². The summed E-state index contributed by atoms with van der Waals surface area (Å²) in [6, 6.07) is 0.241. The summed E-state index contributed by atoms with van der Waals surface area (Å²) in [6.45, 7) is 3.74. The van der Waals surface area contributed by atoms with E-state index in [1.807, 2.05) is 4.68 Å². The molecule has 19 heavy (non-hydrogen) atoms. The lowest BCUT2D eigenvalue weighted by atomic mass is 9.91. The number of likely N-dealkylation sites (N-methyl/N-ethyl adjacent to an activating group) is 1. The Labute approximate surface area is 114 Å². The number of hydrogen-bond acceptors (Lipinski definition) is 5. The van der Waals surface area contributed by atoms with Crippen LogP contribution in [0.3, 0.4) is 0 Å². The van der Waals surface area contributed by atoms with Gasteiger partial charge in [-0.15, -0.1) is 5.10 Å². The van der Waals surface area contributed by atoms with Gasteiger partial charge in [-0.2, -0.15) is 0 Å². The molecule has 0 spiro atoms. The fourth-order valence-corrected chi connectivity index (χ4v) is 2.76. The molecule has 0 saturated heterocycles. The zero-order valence-corrected chi connectivity index (χ0v) is 12.0. The van der Waals surface area contributed by atoms with Crippen LogP contribution in [0, 0.1) is 0 Å². The summed E-state index contributed by atoms with van der Waals surface area (Å²) in [5.41, 5.74) is 0. The van der Waals surface area contributed by atoms with Gasteiger partial charge in [-0.1, -0.05) is 26.2 Å². The molecular formula is C13H25N5O. The normalized spacial score (nSPS) is 24.0. The van der Waals surface area contributed by atoms with E-state index in [2.05, 4.69) is 34.4 Å². The minimum Gasteiger partial charge on any atom is -0.391 e. The van der Waals surface area contributed by atoms with E-state index in [0.29, 0.717) is 6.54 Å². The molecule has 2 rings (SSSR count). The van der Waals surface area contributed by atoms with Gasteiger partial charge in [-0.3, -0.25) is 4.90 Å². The Morgan fingerprint density at radius 3 is 2.89 bits per heavy atom. The summed E-state index contributed by atoms with van der Waals surface area (Å²) in [6.07, 6.45) is 6.33. The van der Waals surface area contributed by atoms with Gasteiger partial charge in [-0.25, -0.2) is 4.68 Å². The van der Waals surface area contributed by atoms with Crippen molar-refractivity contribution in [2.24, 2.45) is 0 Å². The number of unbranched alkanes of at least 4 members (excludes halogenated alkanes) is 1. The molecule has 1 saturated carbocycles. The second-order valence-electron chi connectivity index (χ2n) is 5.51. The Hall–Kier alpha value is -1.01. The van der Waals surface area contributed by atoms with Crippen LogP contribution in [-0.4, -0.2) is 49.4 Å². The molecule has 0 radical (unpaired) electrons. The first-order valence-electron chi connectivity index (χ1n) is 7.35. The smallest absolute Gasteiger partial charge is 0.165 e. The monoisotopic (exact) mass is 267 g/mol. The molecule has 0 aliphatic heterocycles. The molecule has 1 fully saturated rings. The van der Waals surface area contributed by atoms with Crippen molar-refractivity contribution in [2.75, 3.05) is 7.05 Å². The lowest BCUT2D eigenvalue weighted by Crippen LogP contribution is -2.43. The number of hydrogen-bond donors (Lipinski definition) is 1. The first kappa shape index (κ1) is 14.4. The fourth-order valence-electron chi connectivity index (χ4n) is 2.76. The molecule has 1 heterocycles. The molecule has 1 aliphatic carbocycles. The van der Waals surface area contributed by atoms with Crippen LogP contribution in [0.2, 0.25) is 0 Å². The van der Waals surface area contributed by atoms with Gasteiger partial charge in [0.2, 0.25) is 0 Å². The molecule has 1 aromatic heterocycles. The zero-order chi connectivity index (χ0) is 13.7. The standard InChI is InChI=1S/C13H25N5O/c1-3-4-9-18-13(14-15-16-18)10-17(2)11-7-5-6-8-12(11)19/h11-12,19H,3-10H2,1-2H3. The molecule has 6 nitrogen and oxygen atoms in total. The highest BCUT2D eigenvalue weighted by Crippen LogP contribution is 2.23. The first-order chi connectivity index (χ1) is 9.22. The van der Waals surface area contributed by atoms with Gasteiger partial charge in [0.25, 0.3) is 0 Å². The molecule has 2 unspecified atom stereocenters. The summed E-state index contributed by atoms with van der Waals surface area (Å²) in [5, 5.41) is 22.0. The van der Waals surface area contributed by atoms with Gasteiger partial charge in [0.05, 0.1) is 12.6 Å². The topological polar surface area (TPSA) is 67.1 Å². The Morgan fingerprint density at radius 2 is 2.16 bits per heavy atom. The average Bonchev–Trinajstić information content (AvgIpc) is 2.84. The van der Waals surface area contributed by atoms with Crippen molar-refractivity contribution < 1.29 is 5.11 Å². The molecule has 2 atom stereocenters. The van der Waals surface area contributed by atoms with Gasteiger partial charge < -0.3 is 5.11 Å². The summed E-state index contributed by atoms with van der Waals surface area (Å²) >= 11 is 0. The van der Waals surface area contributed by atoms with E-state index in [0.717, 1.165) is 44.5 Å². The Kier molecular flexibility index (Phi) is 5.27. The average molecular weight is 267 g/mol. The number of aliphatic hydroxyl groups excluding tert-OH is 1. The van der Waals surface area contributed by atoms with Crippen LogP contribution >= 0.6 is 0 Å². The van der Waals surface area contributed by atoms with Gasteiger partial charge in [0.1, 0.15) is 0 Å². The second-order valence-corrected chi connectivity index (χ2v) is 5.51. The third-order valence-electron chi connectivity index (χ3n) is 3.98. The summed E-state index contributed by atoms with van der Waals surface area (Å²) < 4.78 is 1.88. The van der Waals surface area contributed by atoms with Crippen molar-refractivity contribution in [3.8, 4) is 0 Å². The lowest BCUT2D eigenvalue weighted by molar-refractivity contribution is 0.0272. The zero-order valence-electron chi connectivity index (χ0n) is 12.0. The highest BCUT2D eigenvalue weighted by molar-refractivity contribution is 4.87. The minimum absolute atomic E-state index is 0.210. The van der Waals surface area contributed by atoms with Crippen LogP contribution in [0.25, 0.3) is 0 Å². The molecule has 1 aliphatic rings. The van der Waals surface area contributed by atoms with E-state index in [1.165, 1.54) is 6.42 Å². The molecule has 108 valence electrons. The molecular weight excluding hydrogens is 242 g/mol. The van der Waals surface area contributed by atoms with Crippen molar-refractivity contribution in [3.05, 3.63) is 5.82 Å². The maximum atomic E-state index is 10.1. The Bertz CT molecular complexity index is 381. The van der Waals surface area contributed by atoms with E-state index < -0.39 is 0 Å². The van der Waals surface area contributed by atoms with Gasteiger partial charge in [0.15, 0.2) is 5.82 Å². The number of aliphatic hydroxyl groups is 1. The van der Waals surface area contributed by atoms with Crippen molar-refractivity contribution >= 4 is 0 Å². The van der Waals surface area contributed by atoms with Gasteiger partial charge >= 0.3 is 0 Å². The predicted molar refractivity (Wildman–Crippen MR) is 72.5 cm³/mol. The predicted octanol–water partition coefficient (Wildman–Crippen LogP) is 1.21. The molecule has 0 aromatic carbocycles. The van der Waals surface area contributed by atoms with E-state index in [-0.39, 0.29) is 12.1 Å². The van der Waals surface area contributed by atoms with Crippen LogP contribution < -0.4 is 0 Å². The summed E-state index contributed by atoms with van der Waals surface area (Å²) in [5.74, 6) is 0.897. The molecule has 1 N–H and O–H groups in total. The van der Waals surface area contributed by atoms with Gasteiger partial charge in [0, 0.05) is 12.6 Å². The van der Waals surface area contributed by atoms with Gasteiger partial charge in [-0.05, 0) is 36.7 Å². The number of nitrogens with zero attached hydrogens (tertiary/aromatic N) is 5. The van der Waals surface area contributed by atoms with E-state index in [4.69, 9.17) is 0 Å². The van der Waals surface area contributed by atoms with E-state index in [9.17, 15) is 5.11 Å². The summed E-state index contributed by atoms with van der Waals surface area (Å²) in [4.78, 5) is 2.19. The largest absolute Gasteiger partial charge is 0.391 e. The summed E-state index contributed by atoms with van der Waals surface area (Å²) in [7, 11) is 2.05. The van der Waals surface area contributed by atoms with Crippen LogP contribution in [0.1, 0.15) is 51.3 Å². The van der Waals surface area contributed by atoms with Crippen LogP contribution in [0.5, 0.6) is 0 Å².